The Balaban J connectivity index is 1.17. The van der Waals surface area contributed by atoms with Gasteiger partial charge in [0, 0.05) is 54.5 Å². The average molecular weight is 661 g/mol. The molecule has 0 N–H and O–H groups in total. The maximum atomic E-state index is 5.18. The van der Waals surface area contributed by atoms with Crippen LogP contribution in [0.3, 0.4) is 0 Å². The molecule has 12 aromatic rings. The first kappa shape index (κ1) is 27.7. The van der Waals surface area contributed by atoms with E-state index in [-0.39, 0.29) is 0 Å². The summed E-state index contributed by atoms with van der Waals surface area (Å²) in [6.07, 6.45) is 0. The second kappa shape index (κ2) is 10.3. The van der Waals surface area contributed by atoms with E-state index in [1.807, 2.05) is 30.3 Å². The molecule has 4 heteroatoms. The maximum Gasteiger partial charge on any atom is 0.0973 e. The van der Waals surface area contributed by atoms with Crippen LogP contribution < -0.4 is 0 Å². The van der Waals surface area contributed by atoms with Gasteiger partial charge in [0.25, 0.3) is 0 Å². The van der Waals surface area contributed by atoms with Crippen molar-refractivity contribution in [3.05, 3.63) is 170 Å². The number of fused-ring (bicyclic) bond motifs is 13. The van der Waals surface area contributed by atoms with Crippen LogP contribution in [0.4, 0.5) is 0 Å². The van der Waals surface area contributed by atoms with Crippen LogP contribution in [0.25, 0.3) is 110 Å². The van der Waals surface area contributed by atoms with Gasteiger partial charge in [0.1, 0.15) is 0 Å². The molecular formula is C48H28N4. The fraction of sp³-hybridized carbons (Fsp3) is 0. The topological polar surface area (TPSA) is 35.1 Å². The van der Waals surface area contributed by atoms with Crippen LogP contribution in [0, 0.1) is 0 Å². The van der Waals surface area contributed by atoms with Crippen LogP contribution in [-0.4, -0.2) is 18.9 Å². The molecule has 0 amide bonds. The van der Waals surface area contributed by atoms with E-state index in [2.05, 4.69) is 148 Å². The minimum atomic E-state index is 0.878. The lowest BCUT2D eigenvalue weighted by Gasteiger charge is -2.13. The van der Waals surface area contributed by atoms with Gasteiger partial charge in [-0.05, 0) is 41.8 Å². The molecule has 0 aliphatic heterocycles. The molecule has 4 heterocycles. The first-order chi connectivity index (χ1) is 25.8. The van der Waals surface area contributed by atoms with E-state index >= 15 is 0 Å². The Morgan fingerprint density at radius 1 is 0.346 bits per heavy atom. The molecule has 0 bridgehead atoms. The van der Waals surface area contributed by atoms with Gasteiger partial charge in [-0.3, -0.25) is 0 Å². The Morgan fingerprint density at radius 2 is 0.865 bits per heavy atom. The van der Waals surface area contributed by atoms with Crippen molar-refractivity contribution in [2.45, 2.75) is 0 Å². The maximum absolute atomic E-state index is 5.18. The molecule has 0 atom stereocenters. The van der Waals surface area contributed by atoms with Gasteiger partial charge >= 0.3 is 0 Å². The van der Waals surface area contributed by atoms with Crippen molar-refractivity contribution < 1.29 is 0 Å². The summed E-state index contributed by atoms with van der Waals surface area (Å²) < 4.78 is 4.98. The van der Waals surface area contributed by atoms with E-state index in [4.69, 9.17) is 9.97 Å². The lowest BCUT2D eigenvalue weighted by molar-refractivity contribution is 1.18. The monoisotopic (exact) mass is 660 g/mol. The van der Waals surface area contributed by atoms with Gasteiger partial charge < -0.3 is 8.97 Å². The summed E-state index contributed by atoms with van der Waals surface area (Å²) in [6, 6.07) is 61.0. The Kier molecular flexibility index (Phi) is 5.47. The van der Waals surface area contributed by atoms with Gasteiger partial charge in [0.2, 0.25) is 0 Å². The van der Waals surface area contributed by atoms with E-state index in [9.17, 15) is 0 Å². The van der Waals surface area contributed by atoms with Gasteiger partial charge in [-0.15, -0.1) is 0 Å². The third-order valence-corrected chi connectivity index (χ3v) is 11.0. The van der Waals surface area contributed by atoms with Gasteiger partial charge in [-0.25, -0.2) is 9.97 Å². The van der Waals surface area contributed by atoms with Crippen LogP contribution in [0.5, 0.6) is 0 Å². The van der Waals surface area contributed by atoms with Gasteiger partial charge in [-0.1, -0.05) is 133 Å². The summed E-state index contributed by atoms with van der Waals surface area (Å²) in [7, 11) is 0. The minimum absolute atomic E-state index is 0.878. The Labute approximate surface area is 297 Å². The predicted molar refractivity (Wildman–Crippen MR) is 217 cm³/mol. The van der Waals surface area contributed by atoms with Crippen molar-refractivity contribution in [3.63, 3.8) is 0 Å². The fourth-order valence-corrected chi connectivity index (χ4v) is 8.80. The van der Waals surface area contributed by atoms with Crippen molar-refractivity contribution in [2.24, 2.45) is 0 Å². The van der Waals surface area contributed by atoms with Crippen LogP contribution in [0.15, 0.2) is 170 Å². The zero-order valence-corrected chi connectivity index (χ0v) is 28.0. The molecule has 52 heavy (non-hydrogen) atoms. The minimum Gasteiger partial charge on any atom is -0.309 e. The summed E-state index contributed by atoms with van der Waals surface area (Å²) in [5, 5.41) is 10.1. The highest BCUT2D eigenvalue weighted by Crippen LogP contribution is 2.45. The fourth-order valence-electron chi connectivity index (χ4n) is 8.80. The molecule has 4 aromatic heterocycles. The van der Waals surface area contributed by atoms with Crippen molar-refractivity contribution in [1.82, 2.24) is 18.9 Å². The predicted octanol–water partition coefficient (Wildman–Crippen LogP) is 12.4. The van der Waals surface area contributed by atoms with Gasteiger partial charge in [0.05, 0.1) is 50.0 Å². The number of nitrogens with zero attached hydrogens (tertiary/aromatic N) is 4. The average Bonchev–Trinajstić information content (AvgIpc) is 3.86. The number of hydrogen-bond acceptors (Lipinski definition) is 2. The Morgan fingerprint density at radius 3 is 1.58 bits per heavy atom. The molecule has 0 saturated carbocycles. The lowest BCUT2D eigenvalue weighted by Crippen LogP contribution is -1.97. The summed E-state index contributed by atoms with van der Waals surface area (Å²) in [4.78, 5) is 10.3. The molecule has 4 nitrogen and oxygen atoms in total. The number of rotatable bonds is 3. The first-order valence-corrected chi connectivity index (χ1v) is 17.8. The summed E-state index contributed by atoms with van der Waals surface area (Å²) in [6.45, 7) is 0. The highest BCUT2D eigenvalue weighted by Gasteiger charge is 2.23. The quantitative estimate of drug-likeness (QED) is 0.189. The third kappa shape index (κ3) is 3.65. The summed E-state index contributed by atoms with van der Waals surface area (Å²) >= 11 is 0. The van der Waals surface area contributed by atoms with Gasteiger partial charge in [0.15, 0.2) is 0 Å². The Hall–Kier alpha value is -7.04. The van der Waals surface area contributed by atoms with Crippen molar-refractivity contribution in [2.75, 3.05) is 0 Å². The number of aromatic nitrogens is 4. The summed E-state index contributed by atoms with van der Waals surface area (Å²) in [5.41, 5.74) is 12.9. The molecule has 8 aromatic carbocycles. The molecule has 240 valence electrons. The molecule has 0 aliphatic rings. The van der Waals surface area contributed by atoms with Crippen molar-refractivity contribution in [3.8, 4) is 28.2 Å². The molecule has 0 radical (unpaired) electrons. The molecule has 0 fully saturated rings. The first-order valence-electron chi connectivity index (χ1n) is 17.8. The zero-order valence-electron chi connectivity index (χ0n) is 28.0. The molecule has 12 rings (SSSR count). The van der Waals surface area contributed by atoms with E-state index in [1.165, 1.54) is 70.7 Å². The van der Waals surface area contributed by atoms with E-state index < -0.39 is 0 Å². The second-order valence-corrected chi connectivity index (χ2v) is 13.8. The van der Waals surface area contributed by atoms with Crippen LogP contribution >= 0.6 is 0 Å². The third-order valence-electron chi connectivity index (χ3n) is 11.0. The molecule has 0 spiro atoms. The molecule has 0 aliphatic carbocycles. The highest BCUT2D eigenvalue weighted by atomic mass is 15.0. The van der Waals surface area contributed by atoms with Gasteiger partial charge in [-0.2, -0.15) is 0 Å². The van der Waals surface area contributed by atoms with E-state index in [1.54, 1.807) is 0 Å². The van der Waals surface area contributed by atoms with Crippen molar-refractivity contribution >= 4 is 81.7 Å². The van der Waals surface area contributed by atoms with Crippen LogP contribution in [-0.2, 0) is 0 Å². The Bertz CT molecular complexity index is 3380. The zero-order chi connectivity index (χ0) is 33.9. The largest absolute Gasteiger partial charge is 0.309 e. The highest BCUT2D eigenvalue weighted by molar-refractivity contribution is 6.32. The van der Waals surface area contributed by atoms with Crippen molar-refractivity contribution in [1.29, 1.82) is 0 Å². The molecule has 0 unspecified atom stereocenters. The van der Waals surface area contributed by atoms with Crippen LogP contribution in [0.1, 0.15) is 0 Å². The lowest BCUT2D eigenvalue weighted by atomic mass is 10.0. The smallest absolute Gasteiger partial charge is 0.0973 e. The molecular weight excluding hydrogens is 633 g/mol. The number of hydrogen-bond donors (Lipinski definition) is 0. The van der Waals surface area contributed by atoms with E-state index in [0.717, 1.165) is 39.2 Å². The SMILES string of the molecule is c1ccc(-c2nc3ccccc3nc2-c2ccc(-n3c4ccccc4c4ccc5ccc6c7cccc8c9ccccc9n(c87)c6c5c43)cc2)cc1. The standard InChI is InChI=1S/C48H28N4/c1-2-11-30(12-3-1)44-45(50-40-18-7-6-17-39(40)49-44)31-21-25-32(26-22-31)51-41-19-8-4-14-34(41)37-27-23-29-24-28-38-36-16-10-15-35-33-13-5-9-20-42(33)52(46(35)36)48(38)43(29)47(37)51/h1-28H. The van der Waals surface area contributed by atoms with Crippen LogP contribution in [0.2, 0.25) is 0 Å². The van der Waals surface area contributed by atoms with E-state index in [0.29, 0.717) is 0 Å². The number of benzene rings is 8. The second-order valence-electron chi connectivity index (χ2n) is 13.8. The number of para-hydroxylation sites is 5. The summed E-state index contributed by atoms with van der Waals surface area (Å²) in [5.74, 6) is 0. The molecule has 0 saturated heterocycles. The normalized spacial score (nSPS) is 12.2.